The van der Waals surface area contributed by atoms with Gasteiger partial charge in [-0.25, -0.2) is 27.1 Å². The minimum Gasteiger partial charge on any atom is -0.493 e. The van der Waals surface area contributed by atoms with Gasteiger partial charge in [0, 0.05) is 38.3 Å². The van der Waals surface area contributed by atoms with E-state index in [0.29, 0.717) is 31.5 Å². The third-order valence-electron chi connectivity index (χ3n) is 7.65. The topological polar surface area (TPSA) is 91.4 Å². The van der Waals surface area contributed by atoms with Crippen LogP contribution in [0.2, 0.25) is 0 Å². The van der Waals surface area contributed by atoms with Gasteiger partial charge in [0.25, 0.3) is 0 Å². The van der Waals surface area contributed by atoms with Crippen molar-refractivity contribution < 1.29 is 17.5 Å². The van der Waals surface area contributed by atoms with Crippen LogP contribution in [0.1, 0.15) is 38.5 Å². The first-order valence-electron chi connectivity index (χ1n) is 12.8. The second kappa shape index (κ2) is 10.7. The number of hydrogen-bond acceptors (Lipinski definition) is 6. The fourth-order valence-corrected chi connectivity index (χ4v) is 7.56. The largest absolute Gasteiger partial charge is 0.493 e. The summed E-state index contributed by atoms with van der Waals surface area (Å²) in [5.74, 6) is 1.75. The van der Waals surface area contributed by atoms with E-state index < -0.39 is 10.0 Å². The molecule has 0 radical (unpaired) electrons. The molecular formula is C26H34FN5O3S. The first kappa shape index (κ1) is 25.0. The van der Waals surface area contributed by atoms with Crippen molar-refractivity contribution in [3.63, 3.8) is 0 Å². The molecule has 0 amide bonds. The van der Waals surface area contributed by atoms with Crippen LogP contribution in [-0.2, 0) is 10.0 Å². The zero-order chi connectivity index (χ0) is 25.1. The van der Waals surface area contributed by atoms with E-state index in [9.17, 15) is 12.8 Å². The molecule has 3 aromatic rings. The van der Waals surface area contributed by atoms with Crippen molar-refractivity contribution in [1.29, 1.82) is 0 Å². The SMILES string of the molecule is CN(c1ncnc2[nH]ccc12)C1CCC(CS(=O)(=O)N2CCCC(COc3ccc(F)cc3)C2)CC1. The van der Waals surface area contributed by atoms with Crippen LogP contribution in [0.3, 0.4) is 0 Å². The van der Waals surface area contributed by atoms with Gasteiger partial charge in [-0.05, 0) is 74.8 Å². The minimum atomic E-state index is -3.33. The molecule has 194 valence electrons. The van der Waals surface area contributed by atoms with Crippen molar-refractivity contribution in [2.24, 2.45) is 11.8 Å². The molecule has 36 heavy (non-hydrogen) atoms. The van der Waals surface area contributed by atoms with Crippen molar-refractivity contribution in [2.75, 3.05) is 37.4 Å². The summed E-state index contributed by atoms with van der Waals surface area (Å²) in [6.07, 6.45) is 8.89. The lowest BCUT2D eigenvalue weighted by Gasteiger charge is -2.37. The average molecular weight is 516 g/mol. The maximum atomic E-state index is 13.3. The van der Waals surface area contributed by atoms with Crippen LogP contribution >= 0.6 is 0 Å². The quantitative estimate of drug-likeness (QED) is 0.483. The van der Waals surface area contributed by atoms with Gasteiger partial charge in [-0.15, -0.1) is 0 Å². The van der Waals surface area contributed by atoms with E-state index in [1.807, 2.05) is 12.3 Å². The Morgan fingerprint density at radius 1 is 1.08 bits per heavy atom. The summed E-state index contributed by atoms with van der Waals surface area (Å²) >= 11 is 0. The normalized spacial score (nSPS) is 23.6. The number of hydrogen-bond donors (Lipinski definition) is 1. The molecule has 1 saturated heterocycles. The first-order chi connectivity index (χ1) is 17.4. The smallest absolute Gasteiger partial charge is 0.214 e. The number of nitrogens with zero attached hydrogens (tertiary/aromatic N) is 4. The van der Waals surface area contributed by atoms with Gasteiger partial charge >= 0.3 is 0 Å². The van der Waals surface area contributed by atoms with Gasteiger partial charge in [0.1, 0.15) is 29.4 Å². The Balaban J connectivity index is 1.12. The summed E-state index contributed by atoms with van der Waals surface area (Å²) in [5, 5.41) is 1.01. The van der Waals surface area contributed by atoms with Crippen molar-refractivity contribution >= 4 is 26.9 Å². The number of piperidine rings is 1. The highest BCUT2D eigenvalue weighted by molar-refractivity contribution is 7.89. The number of sulfonamides is 1. The number of halogens is 1. The average Bonchev–Trinajstić information content (AvgIpc) is 3.38. The number of rotatable bonds is 8. The lowest BCUT2D eigenvalue weighted by molar-refractivity contribution is 0.179. The van der Waals surface area contributed by atoms with Crippen LogP contribution in [0, 0.1) is 17.7 Å². The summed E-state index contributed by atoms with van der Waals surface area (Å²) in [6.45, 7) is 1.50. The number of fused-ring (bicyclic) bond motifs is 1. The molecule has 5 rings (SSSR count). The van der Waals surface area contributed by atoms with Gasteiger partial charge in [0.15, 0.2) is 0 Å². The zero-order valence-corrected chi connectivity index (χ0v) is 21.5. The van der Waals surface area contributed by atoms with Crippen molar-refractivity contribution in [1.82, 2.24) is 19.3 Å². The van der Waals surface area contributed by atoms with Gasteiger partial charge < -0.3 is 14.6 Å². The summed E-state index contributed by atoms with van der Waals surface area (Å²) < 4.78 is 47.1. The molecule has 2 fully saturated rings. The summed E-state index contributed by atoms with van der Waals surface area (Å²) in [7, 11) is -1.26. The van der Waals surface area contributed by atoms with E-state index in [1.165, 1.54) is 12.1 Å². The second-order valence-corrected chi connectivity index (χ2v) is 12.1. The van der Waals surface area contributed by atoms with Gasteiger partial charge in [-0.1, -0.05) is 0 Å². The molecule has 1 aromatic carbocycles. The number of benzene rings is 1. The predicted octanol–water partition coefficient (Wildman–Crippen LogP) is 4.21. The Bertz CT molecular complexity index is 1260. The molecule has 2 aliphatic rings. The highest BCUT2D eigenvalue weighted by Gasteiger charge is 2.33. The Labute approximate surface area is 211 Å². The van der Waals surface area contributed by atoms with E-state index in [1.54, 1.807) is 22.8 Å². The van der Waals surface area contributed by atoms with Crippen LogP contribution in [-0.4, -0.2) is 66.2 Å². The monoisotopic (exact) mass is 515 g/mol. The number of aromatic nitrogens is 3. The van der Waals surface area contributed by atoms with Gasteiger partial charge in [0.05, 0.1) is 17.7 Å². The number of aromatic amines is 1. The molecule has 3 heterocycles. The molecule has 1 unspecified atom stereocenters. The summed E-state index contributed by atoms with van der Waals surface area (Å²) in [6, 6.07) is 8.27. The highest BCUT2D eigenvalue weighted by Crippen LogP contribution is 2.33. The van der Waals surface area contributed by atoms with E-state index in [-0.39, 0.29) is 23.4 Å². The predicted molar refractivity (Wildman–Crippen MR) is 138 cm³/mol. The van der Waals surface area contributed by atoms with E-state index in [4.69, 9.17) is 4.74 Å². The molecule has 0 spiro atoms. The van der Waals surface area contributed by atoms with Crippen LogP contribution in [0.4, 0.5) is 10.2 Å². The Morgan fingerprint density at radius 3 is 2.64 bits per heavy atom. The van der Waals surface area contributed by atoms with Crippen molar-refractivity contribution in [3.05, 3.63) is 48.7 Å². The van der Waals surface area contributed by atoms with E-state index >= 15 is 0 Å². The molecule has 1 aliphatic heterocycles. The Hall–Kier alpha value is -2.72. The third kappa shape index (κ3) is 5.64. The van der Waals surface area contributed by atoms with E-state index in [2.05, 4.69) is 26.9 Å². The van der Waals surface area contributed by atoms with Crippen LogP contribution in [0.25, 0.3) is 11.0 Å². The Morgan fingerprint density at radius 2 is 1.86 bits per heavy atom. The zero-order valence-electron chi connectivity index (χ0n) is 20.6. The fourth-order valence-electron chi connectivity index (χ4n) is 5.58. The summed E-state index contributed by atoms with van der Waals surface area (Å²) in [5.41, 5.74) is 0.828. The Kier molecular flexibility index (Phi) is 7.43. The molecule has 8 nitrogen and oxygen atoms in total. The number of H-pyrrole nitrogens is 1. The molecular weight excluding hydrogens is 481 g/mol. The van der Waals surface area contributed by atoms with Crippen LogP contribution in [0.5, 0.6) is 5.75 Å². The lowest BCUT2D eigenvalue weighted by Crippen LogP contribution is -2.44. The molecule has 1 atom stereocenters. The van der Waals surface area contributed by atoms with Gasteiger partial charge in [-0.2, -0.15) is 0 Å². The highest BCUT2D eigenvalue weighted by atomic mass is 32.2. The second-order valence-electron chi connectivity index (χ2n) is 10.1. The van der Waals surface area contributed by atoms with Crippen molar-refractivity contribution in [3.8, 4) is 5.75 Å². The molecule has 2 aromatic heterocycles. The number of anilines is 1. The van der Waals surface area contributed by atoms with Crippen LogP contribution < -0.4 is 9.64 Å². The molecule has 1 N–H and O–H groups in total. The standard InChI is InChI=1S/C26H34FN5O3S/c1-31(26-24-12-13-28-25(24)29-18-30-26)22-8-4-19(5-9-22)17-36(33,34)32-14-2-3-20(15-32)16-35-23-10-6-21(27)7-11-23/h6-7,10-13,18-20,22H,2-5,8-9,14-17H2,1H3,(H,28,29,30). The lowest BCUT2D eigenvalue weighted by atomic mass is 9.86. The minimum absolute atomic E-state index is 0.140. The first-order valence-corrected chi connectivity index (χ1v) is 14.4. The van der Waals surface area contributed by atoms with Crippen molar-refractivity contribution in [2.45, 2.75) is 44.6 Å². The molecule has 1 saturated carbocycles. The van der Waals surface area contributed by atoms with Crippen LogP contribution in [0.15, 0.2) is 42.9 Å². The van der Waals surface area contributed by atoms with Gasteiger partial charge in [0.2, 0.25) is 10.0 Å². The summed E-state index contributed by atoms with van der Waals surface area (Å²) in [4.78, 5) is 14.1. The molecule has 1 aliphatic carbocycles. The van der Waals surface area contributed by atoms with Gasteiger partial charge in [-0.3, -0.25) is 0 Å². The van der Waals surface area contributed by atoms with E-state index in [0.717, 1.165) is 55.4 Å². The fraction of sp³-hybridized carbons (Fsp3) is 0.538. The third-order valence-corrected chi connectivity index (χ3v) is 9.66. The maximum absolute atomic E-state index is 13.3. The molecule has 0 bridgehead atoms. The molecule has 10 heteroatoms. The maximum Gasteiger partial charge on any atom is 0.214 e. The number of ether oxygens (including phenoxy) is 1. The number of nitrogens with one attached hydrogen (secondary N) is 1.